The number of unbranched alkanes of at least 4 members (excludes halogenated alkanes) is 1. The van der Waals surface area contributed by atoms with Crippen LogP contribution < -0.4 is 5.32 Å². The lowest BCUT2D eigenvalue weighted by Gasteiger charge is -2.14. The van der Waals surface area contributed by atoms with Crippen molar-refractivity contribution in [2.24, 2.45) is 0 Å². The fourth-order valence-electron chi connectivity index (χ4n) is 2.53. The summed E-state index contributed by atoms with van der Waals surface area (Å²) in [5.41, 5.74) is 1.69. The molecule has 2 aromatic rings. The quantitative estimate of drug-likeness (QED) is 0.728. The summed E-state index contributed by atoms with van der Waals surface area (Å²) in [5, 5.41) is 16.1. The van der Waals surface area contributed by atoms with E-state index in [-0.39, 0.29) is 6.61 Å². The minimum atomic E-state index is -1.04. The van der Waals surface area contributed by atoms with Crippen LogP contribution in [0.15, 0.2) is 36.5 Å². The van der Waals surface area contributed by atoms with Crippen LogP contribution in [0.3, 0.4) is 0 Å². The predicted molar refractivity (Wildman–Crippen MR) is 92.7 cm³/mol. The van der Waals surface area contributed by atoms with Crippen molar-refractivity contribution in [2.75, 3.05) is 7.11 Å². The predicted octanol–water partition coefficient (Wildman–Crippen LogP) is 2.39. The standard InChI is InChI=1S/C18H23N3O4/c1-3-4-10-15(18(23)24)20-17(22)14-11-19-21(16(14)12-25-2)13-8-6-5-7-9-13/h5-9,11,15H,3-4,10,12H2,1-2H3,(H,20,22)(H,23,24)/t15-/m0/s1. The van der Waals surface area contributed by atoms with Crippen molar-refractivity contribution in [3.05, 3.63) is 47.8 Å². The number of para-hydroxylation sites is 1. The Kier molecular flexibility index (Phi) is 6.71. The molecule has 1 aromatic heterocycles. The number of carboxylic acids is 1. The fourth-order valence-corrected chi connectivity index (χ4v) is 2.53. The van der Waals surface area contributed by atoms with Crippen LogP contribution >= 0.6 is 0 Å². The van der Waals surface area contributed by atoms with Gasteiger partial charge < -0.3 is 15.2 Å². The molecule has 1 aromatic carbocycles. The maximum atomic E-state index is 12.6. The van der Waals surface area contributed by atoms with Crippen molar-refractivity contribution in [1.82, 2.24) is 15.1 Å². The molecule has 134 valence electrons. The van der Waals surface area contributed by atoms with Gasteiger partial charge in [-0.3, -0.25) is 4.79 Å². The van der Waals surface area contributed by atoms with Crippen LogP contribution in [0, 0.1) is 0 Å². The van der Waals surface area contributed by atoms with E-state index in [4.69, 9.17) is 4.74 Å². The third kappa shape index (κ3) is 4.67. The molecule has 7 nitrogen and oxygen atoms in total. The van der Waals surface area contributed by atoms with Crippen LogP contribution in [0.5, 0.6) is 0 Å². The number of benzene rings is 1. The lowest BCUT2D eigenvalue weighted by Crippen LogP contribution is -2.41. The second kappa shape index (κ2) is 8.98. The number of ether oxygens (including phenoxy) is 1. The molecule has 0 aliphatic heterocycles. The van der Waals surface area contributed by atoms with E-state index in [9.17, 15) is 14.7 Å². The van der Waals surface area contributed by atoms with Crippen molar-refractivity contribution >= 4 is 11.9 Å². The summed E-state index contributed by atoms with van der Waals surface area (Å²) in [6.45, 7) is 2.16. The second-order valence-corrected chi connectivity index (χ2v) is 5.69. The second-order valence-electron chi connectivity index (χ2n) is 5.69. The Morgan fingerprint density at radius 2 is 2.04 bits per heavy atom. The number of aromatic nitrogens is 2. The zero-order valence-electron chi connectivity index (χ0n) is 14.4. The van der Waals surface area contributed by atoms with Gasteiger partial charge in [0.15, 0.2) is 0 Å². The summed E-state index contributed by atoms with van der Waals surface area (Å²) >= 11 is 0. The number of carbonyl (C=O) groups is 2. The van der Waals surface area contributed by atoms with Gasteiger partial charge in [0.05, 0.1) is 29.7 Å². The van der Waals surface area contributed by atoms with Crippen molar-refractivity contribution in [2.45, 2.75) is 38.8 Å². The van der Waals surface area contributed by atoms with E-state index in [1.807, 2.05) is 37.3 Å². The number of hydrogen-bond acceptors (Lipinski definition) is 4. The molecule has 1 amide bonds. The highest BCUT2D eigenvalue weighted by Crippen LogP contribution is 2.16. The number of aliphatic carboxylic acids is 1. The number of amides is 1. The molecule has 0 unspecified atom stereocenters. The van der Waals surface area contributed by atoms with Crippen molar-refractivity contribution in [1.29, 1.82) is 0 Å². The summed E-state index contributed by atoms with van der Waals surface area (Å²) in [7, 11) is 1.53. The number of nitrogens with one attached hydrogen (secondary N) is 1. The topological polar surface area (TPSA) is 93.5 Å². The number of hydrogen-bond donors (Lipinski definition) is 2. The first kappa shape index (κ1) is 18.7. The summed E-state index contributed by atoms with van der Waals surface area (Å²) in [5.74, 6) is -1.50. The van der Waals surface area contributed by atoms with E-state index in [0.29, 0.717) is 17.7 Å². The third-order valence-corrected chi connectivity index (χ3v) is 3.85. The van der Waals surface area contributed by atoms with Crippen molar-refractivity contribution in [3.63, 3.8) is 0 Å². The zero-order chi connectivity index (χ0) is 18.2. The van der Waals surface area contributed by atoms with Gasteiger partial charge in [0.25, 0.3) is 5.91 Å². The van der Waals surface area contributed by atoms with E-state index in [2.05, 4.69) is 10.4 Å². The Morgan fingerprint density at radius 3 is 2.64 bits per heavy atom. The van der Waals surface area contributed by atoms with E-state index >= 15 is 0 Å². The first-order valence-corrected chi connectivity index (χ1v) is 8.23. The maximum Gasteiger partial charge on any atom is 0.326 e. The molecule has 0 aliphatic carbocycles. The molecule has 25 heavy (non-hydrogen) atoms. The maximum absolute atomic E-state index is 12.6. The number of carbonyl (C=O) groups excluding carboxylic acids is 1. The highest BCUT2D eigenvalue weighted by molar-refractivity contribution is 5.97. The molecule has 0 spiro atoms. The molecule has 0 radical (unpaired) electrons. The van der Waals surface area contributed by atoms with Gasteiger partial charge in [-0.25, -0.2) is 9.48 Å². The number of rotatable bonds is 9. The van der Waals surface area contributed by atoms with E-state index < -0.39 is 17.9 Å². The molecule has 1 heterocycles. The van der Waals surface area contributed by atoms with Gasteiger partial charge >= 0.3 is 5.97 Å². The molecule has 2 N–H and O–H groups in total. The van der Waals surface area contributed by atoms with Crippen LogP contribution in [0.1, 0.15) is 42.2 Å². The SMILES string of the molecule is CCCC[C@H](NC(=O)c1cnn(-c2ccccc2)c1COC)C(=O)O. The minimum Gasteiger partial charge on any atom is -0.480 e. The molecule has 0 bridgehead atoms. The summed E-state index contributed by atoms with van der Waals surface area (Å²) in [6.07, 6.45) is 3.42. The fraction of sp³-hybridized carbons (Fsp3) is 0.389. The minimum absolute atomic E-state index is 0.185. The van der Waals surface area contributed by atoms with Gasteiger partial charge in [-0.05, 0) is 18.6 Å². The van der Waals surface area contributed by atoms with E-state index in [1.54, 1.807) is 4.68 Å². The number of carboxylic acid groups (broad SMARTS) is 1. The van der Waals surface area contributed by atoms with Crippen LogP contribution in [0.2, 0.25) is 0 Å². The van der Waals surface area contributed by atoms with Crippen LogP contribution in [-0.2, 0) is 16.1 Å². The monoisotopic (exact) mass is 345 g/mol. The first-order chi connectivity index (χ1) is 12.1. The number of methoxy groups -OCH3 is 1. The van der Waals surface area contributed by atoms with Crippen molar-refractivity contribution < 1.29 is 19.4 Å². The molecule has 0 fully saturated rings. The third-order valence-electron chi connectivity index (χ3n) is 3.85. The summed E-state index contributed by atoms with van der Waals surface area (Å²) in [4.78, 5) is 23.9. The van der Waals surface area contributed by atoms with Gasteiger partial charge in [-0.2, -0.15) is 5.10 Å². The molecule has 0 saturated carbocycles. The Morgan fingerprint density at radius 1 is 1.32 bits per heavy atom. The average molecular weight is 345 g/mol. The van der Waals surface area contributed by atoms with E-state index in [1.165, 1.54) is 13.3 Å². The van der Waals surface area contributed by atoms with Crippen LogP contribution in [0.4, 0.5) is 0 Å². The average Bonchev–Trinajstić information content (AvgIpc) is 3.03. The Balaban J connectivity index is 2.27. The molecular formula is C18H23N3O4. The smallest absolute Gasteiger partial charge is 0.326 e. The van der Waals surface area contributed by atoms with E-state index in [0.717, 1.165) is 18.5 Å². The molecule has 7 heteroatoms. The highest BCUT2D eigenvalue weighted by atomic mass is 16.5. The van der Waals surface area contributed by atoms with Gasteiger partial charge in [0.2, 0.25) is 0 Å². The van der Waals surface area contributed by atoms with Gasteiger partial charge in [0.1, 0.15) is 6.04 Å². The van der Waals surface area contributed by atoms with Crippen LogP contribution in [0.25, 0.3) is 5.69 Å². The molecule has 0 saturated heterocycles. The normalized spacial score (nSPS) is 11.9. The van der Waals surface area contributed by atoms with Crippen LogP contribution in [-0.4, -0.2) is 39.9 Å². The molecule has 0 aliphatic rings. The summed E-state index contributed by atoms with van der Waals surface area (Å²) < 4.78 is 6.82. The Bertz CT molecular complexity index is 712. The molecule has 2 rings (SSSR count). The lowest BCUT2D eigenvalue weighted by atomic mass is 10.1. The highest BCUT2D eigenvalue weighted by Gasteiger charge is 2.24. The van der Waals surface area contributed by atoms with Crippen molar-refractivity contribution in [3.8, 4) is 5.69 Å². The zero-order valence-corrected chi connectivity index (χ0v) is 14.4. The molecular weight excluding hydrogens is 322 g/mol. The first-order valence-electron chi connectivity index (χ1n) is 8.23. The lowest BCUT2D eigenvalue weighted by molar-refractivity contribution is -0.139. The Labute approximate surface area is 146 Å². The number of nitrogens with zero attached hydrogens (tertiary/aromatic N) is 2. The van der Waals surface area contributed by atoms with Gasteiger partial charge in [-0.1, -0.05) is 38.0 Å². The van der Waals surface area contributed by atoms with Gasteiger partial charge in [0, 0.05) is 7.11 Å². The Hall–Kier alpha value is -2.67. The summed E-state index contributed by atoms with van der Waals surface area (Å²) in [6, 6.07) is 8.46. The largest absolute Gasteiger partial charge is 0.480 e. The molecule has 1 atom stereocenters. The van der Waals surface area contributed by atoms with Gasteiger partial charge in [-0.15, -0.1) is 0 Å².